The maximum Gasteiger partial charge on any atom is 0.342 e. The van der Waals surface area contributed by atoms with E-state index in [2.05, 4.69) is 10.6 Å². The molecule has 0 aliphatic heterocycles. The Morgan fingerprint density at radius 2 is 1.69 bits per heavy atom. The maximum absolute atomic E-state index is 12.5. The van der Waals surface area contributed by atoms with Gasteiger partial charge in [-0.1, -0.05) is 48.0 Å². The molecule has 0 heterocycles. The van der Waals surface area contributed by atoms with Crippen molar-refractivity contribution < 1.29 is 23.9 Å². The summed E-state index contributed by atoms with van der Waals surface area (Å²) in [6.45, 7) is 1.82. The molecule has 0 saturated carbocycles. The minimum absolute atomic E-state index is 0.231. The van der Waals surface area contributed by atoms with Crippen molar-refractivity contribution in [3.8, 4) is 5.75 Å². The van der Waals surface area contributed by atoms with E-state index in [1.807, 2.05) is 31.2 Å². The predicted octanol–water partition coefficient (Wildman–Crippen LogP) is 3.73. The summed E-state index contributed by atoms with van der Waals surface area (Å²) < 4.78 is 11.0. The lowest BCUT2D eigenvalue weighted by Gasteiger charge is -2.12. The Balaban J connectivity index is 1.58. The average molecular weight is 432 g/mol. The van der Waals surface area contributed by atoms with Crippen LogP contribution in [0.4, 0.5) is 5.69 Å². The average Bonchev–Trinajstić information content (AvgIpc) is 2.81. The van der Waals surface area contributed by atoms with Crippen LogP contribution in [-0.2, 0) is 16.1 Å². The topological polar surface area (TPSA) is 93.7 Å². The Bertz CT molecular complexity index is 1130. The van der Waals surface area contributed by atoms with Crippen LogP contribution in [0.5, 0.6) is 5.75 Å². The fourth-order valence-corrected chi connectivity index (χ4v) is 3.01. The van der Waals surface area contributed by atoms with Gasteiger partial charge >= 0.3 is 5.97 Å². The molecule has 2 N–H and O–H groups in total. The van der Waals surface area contributed by atoms with Crippen LogP contribution < -0.4 is 15.4 Å². The van der Waals surface area contributed by atoms with E-state index in [0.29, 0.717) is 23.6 Å². The highest BCUT2D eigenvalue weighted by molar-refractivity contribution is 5.98. The molecule has 7 nitrogen and oxygen atoms in total. The molecule has 0 unspecified atom stereocenters. The van der Waals surface area contributed by atoms with E-state index >= 15 is 0 Å². The second-order valence-corrected chi connectivity index (χ2v) is 7.06. The van der Waals surface area contributed by atoms with Gasteiger partial charge in [0, 0.05) is 18.3 Å². The van der Waals surface area contributed by atoms with Crippen LogP contribution in [0.3, 0.4) is 0 Å². The first-order chi connectivity index (χ1) is 15.5. The van der Waals surface area contributed by atoms with Crippen LogP contribution in [0.25, 0.3) is 0 Å². The molecule has 0 spiro atoms. The Labute approximate surface area is 186 Å². The van der Waals surface area contributed by atoms with Crippen molar-refractivity contribution in [2.24, 2.45) is 0 Å². The molecule has 0 aromatic heterocycles. The summed E-state index contributed by atoms with van der Waals surface area (Å²) in [5, 5.41) is 5.12. The molecule has 0 aliphatic carbocycles. The SMILES string of the molecule is CNC(=O)c1cccc(NC(=O)COC(=O)c2ccccc2OCc2cccc(C)c2)c1. The zero-order valence-electron chi connectivity index (χ0n) is 17.9. The number of aryl methyl sites for hydroxylation is 1. The van der Waals surface area contributed by atoms with Crippen LogP contribution >= 0.6 is 0 Å². The fourth-order valence-electron chi connectivity index (χ4n) is 3.01. The number of carbonyl (C=O) groups excluding carboxylic acids is 3. The van der Waals surface area contributed by atoms with Gasteiger partial charge in [0.05, 0.1) is 0 Å². The lowest BCUT2D eigenvalue weighted by atomic mass is 10.1. The molecule has 0 aliphatic rings. The van der Waals surface area contributed by atoms with Crippen molar-refractivity contribution in [1.82, 2.24) is 5.32 Å². The van der Waals surface area contributed by atoms with Gasteiger partial charge in [-0.3, -0.25) is 9.59 Å². The van der Waals surface area contributed by atoms with Crippen molar-refractivity contribution in [1.29, 1.82) is 0 Å². The number of benzene rings is 3. The molecular formula is C25H24N2O5. The number of anilines is 1. The third-order valence-corrected chi connectivity index (χ3v) is 4.55. The number of amides is 2. The Kier molecular flexibility index (Phi) is 7.59. The third-order valence-electron chi connectivity index (χ3n) is 4.55. The van der Waals surface area contributed by atoms with Gasteiger partial charge < -0.3 is 20.1 Å². The molecule has 164 valence electrons. The zero-order chi connectivity index (χ0) is 22.9. The van der Waals surface area contributed by atoms with Gasteiger partial charge in [0.1, 0.15) is 17.9 Å². The van der Waals surface area contributed by atoms with E-state index < -0.39 is 18.5 Å². The van der Waals surface area contributed by atoms with E-state index in [1.165, 1.54) is 13.1 Å². The third kappa shape index (κ3) is 6.18. The summed E-state index contributed by atoms with van der Waals surface area (Å²) in [5.41, 5.74) is 3.16. The van der Waals surface area contributed by atoms with Gasteiger partial charge in [-0.2, -0.15) is 0 Å². The summed E-state index contributed by atoms with van der Waals surface area (Å²) in [6, 6.07) is 21.0. The number of carbonyl (C=O) groups is 3. The van der Waals surface area contributed by atoms with Crippen LogP contribution in [0.15, 0.2) is 72.8 Å². The summed E-state index contributed by atoms with van der Waals surface area (Å²) in [6.07, 6.45) is 0. The quantitative estimate of drug-likeness (QED) is 0.529. The van der Waals surface area contributed by atoms with Crippen molar-refractivity contribution in [3.63, 3.8) is 0 Å². The molecule has 0 fully saturated rings. The molecule has 32 heavy (non-hydrogen) atoms. The van der Waals surface area contributed by atoms with Gasteiger partial charge in [0.2, 0.25) is 0 Å². The monoisotopic (exact) mass is 432 g/mol. The first-order valence-corrected chi connectivity index (χ1v) is 10.0. The highest BCUT2D eigenvalue weighted by atomic mass is 16.5. The number of rotatable bonds is 8. The highest BCUT2D eigenvalue weighted by Crippen LogP contribution is 2.21. The Morgan fingerprint density at radius 3 is 2.47 bits per heavy atom. The highest BCUT2D eigenvalue weighted by Gasteiger charge is 2.16. The minimum Gasteiger partial charge on any atom is -0.488 e. The van der Waals surface area contributed by atoms with Crippen LogP contribution in [0, 0.1) is 6.92 Å². The van der Waals surface area contributed by atoms with E-state index in [4.69, 9.17) is 9.47 Å². The number of ether oxygens (including phenoxy) is 2. The van der Waals surface area contributed by atoms with Crippen LogP contribution in [0.1, 0.15) is 31.8 Å². The van der Waals surface area contributed by atoms with Crippen LogP contribution in [0.2, 0.25) is 0 Å². The van der Waals surface area contributed by atoms with Gasteiger partial charge in [-0.15, -0.1) is 0 Å². The van der Waals surface area contributed by atoms with Gasteiger partial charge in [-0.25, -0.2) is 4.79 Å². The molecule has 0 saturated heterocycles. The van der Waals surface area contributed by atoms with Gasteiger partial charge in [-0.05, 0) is 42.8 Å². The lowest BCUT2D eigenvalue weighted by Crippen LogP contribution is -2.22. The normalized spacial score (nSPS) is 10.2. The number of hydrogen-bond donors (Lipinski definition) is 2. The Morgan fingerprint density at radius 1 is 0.906 bits per heavy atom. The van der Waals surface area contributed by atoms with Crippen LogP contribution in [-0.4, -0.2) is 31.4 Å². The zero-order valence-corrected chi connectivity index (χ0v) is 17.9. The van der Waals surface area contributed by atoms with E-state index in [9.17, 15) is 14.4 Å². The molecule has 7 heteroatoms. The second-order valence-electron chi connectivity index (χ2n) is 7.06. The van der Waals surface area contributed by atoms with E-state index in [-0.39, 0.29) is 11.5 Å². The van der Waals surface area contributed by atoms with Gasteiger partial charge in [0.15, 0.2) is 6.61 Å². The maximum atomic E-state index is 12.5. The molecule has 3 rings (SSSR count). The van der Waals surface area contributed by atoms with E-state index in [0.717, 1.165) is 11.1 Å². The summed E-state index contributed by atoms with van der Waals surface area (Å²) in [4.78, 5) is 36.5. The van der Waals surface area contributed by atoms with E-state index in [1.54, 1.807) is 42.5 Å². The molecule has 3 aromatic carbocycles. The second kappa shape index (κ2) is 10.8. The summed E-state index contributed by atoms with van der Waals surface area (Å²) in [5.74, 6) is -1.09. The van der Waals surface area contributed by atoms with Crippen molar-refractivity contribution in [2.75, 3.05) is 19.0 Å². The summed E-state index contributed by atoms with van der Waals surface area (Å²) >= 11 is 0. The minimum atomic E-state index is -0.667. The molecule has 0 bridgehead atoms. The lowest BCUT2D eigenvalue weighted by molar-refractivity contribution is -0.119. The summed E-state index contributed by atoms with van der Waals surface area (Å²) in [7, 11) is 1.52. The van der Waals surface area contributed by atoms with Crippen molar-refractivity contribution in [2.45, 2.75) is 13.5 Å². The van der Waals surface area contributed by atoms with Gasteiger partial charge in [0.25, 0.3) is 11.8 Å². The van der Waals surface area contributed by atoms with Crippen molar-refractivity contribution >= 4 is 23.5 Å². The molecule has 0 radical (unpaired) electrons. The number of hydrogen-bond acceptors (Lipinski definition) is 5. The molecule has 0 atom stereocenters. The first kappa shape index (κ1) is 22.6. The number of nitrogens with one attached hydrogen (secondary N) is 2. The smallest absolute Gasteiger partial charge is 0.342 e. The standard InChI is InChI=1S/C25H24N2O5/c1-17-7-5-8-18(13-17)15-31-22-12-4-3-11-21(22)25(30)32-16-23(28)27-20-10-6-9-19(14-20)24(29)26-2/h3-14H,15-16H2,1-2H3,(H,26,29)(H,27,28). The van der Waals surface area contributed by atoms with Crippen molar-refractivity contribution in [3.05, 3.63) is 95.1 Å². The molecule has 2 amide bonds. The number of para-hydroxylation sites is 1. The molecule has 3 aromatic rings. The first-order valence-electron chi connectivity index (χ1n) is 10.0. The molecular weight excluding hydrogens is 408 g/mol. The Hall–Kier alpha value is -4.13. The number of esters is 1. The largest absolute Gasteiger partial charge is 0.488 e. The predicted molar refractivity (Wildman–Crippen MR) is 121 cm³/mol. The fraction of sp³-hybridized carbons (Fsp3) is 0.160.